The van der Waals surface area contributed by atoms with Crippen molar-refractivity contribution in [3.05, 3.63) is 82.2 Å². The zero-order valence-electron chi connectivity index (χ0n) is 21.4. The number of cyclic esters (lactones) is 1. The number of aromatic hydroxyl groups is 1. The van der Waals surface area contributed by atoms with Gasteiger partial charge < -0.3 is 14.6 Å². The molecule has 1 aliphatic heterocycles. The van der Waals surface area contributed by atoms with Gasteiger partial charge in [0.1, 0.15) is 11.9 Å². The van der Waals surface area contributed by atoms with Crippen molar-refractivity contribution < 1.29 is 63.3 Å². The van der Waals surface area contributed by atoms with Crippen LogP contribution in [-0.2, 0) is 29.8 Å². The minimum Gasteiger partial charge on any atom is -0.505 e. The lowest BCUT2D eigenvalue weighted by molar-refractivity contribution is -0.143. The average molecular weight is 611 g/mol. The Kier molecular flexibility index (Phi) is 7.76. The van der Waals surface area contributed by atoms with Crippen molar-refractivity contribution in [3.8, 4) is 22.6 Å². The lowest BCUT2D eigenvalue weighted by Gasteiger charge is -2.24. The van der Waals surface area contributed by atoms with E-state index in [1.165, 1.54) is 6.92 Å². The standard InChI is InChI=1S/C27H19F10NO4/c1-12-23(13-5-16(26(32,33)34)8-17(6-13)27(35,36)37)42-24(40)38(12)11-14-7-15(25(29,30)31)3-4-18(14)19-9-21(39)20(28)10-22(19)41-2/h3-10,12,23,39H,11H2,1-2H3/t12-,23?/m0/s1. The summed E-state index contributed by atoms with van der Waals surface area (Å²) in [5, 5.41) is 9.89. The van der Waals surface area contributed by atoms with Crippen molar-refractivity contribution >= 4 is 6.09 Å². The van der Waals surface area contributed by atoms with Gasteiger partial charge in [-0.1, -0.05) is 6.07 Å². The second kappa shape index (κ2) is 10.6. The highest BCUT2D eigenvalue weighted by Gasteiger charge is 2.44. The molecule has 0 radical (unpaired) electrons. The molecule has 42 heavy (non-hydrogen) atoms. The van der Waals surface area contributed by atoms with Crippen LogP contribution in [0, 0.1) is 5.82 Å². The van der Waals surface area contributed by atoms with Gasteiger partial charge in [0.2, 0.25) is 0 Å². The molecule has 0 spiro atoms. The van der Waals surface area contributed by atoms with Crippen molar-refractivity contribution in [3.63, 3.8) is 0 Å². The minimum atomic E-state index is -5.17. The van der Waals surface area contributed by atoms with E-state index in [9.17, 15) is 53.8 Å². The lowest BCUT2D eigenvalue weighted by atomic mass is 9.94. The van der Waals surface area contributed by atoms with E-state index in [4.69, 9.17) is 9.47 Å². The molecule has 1 aliphatic rings. The third kappa shape index (κ3) is 6.04. The summed E-state index contributed by atoms with van der Waals surface area (Å²) in [5.41, 5.74) is -5.40. The number of ether oxygens (including phenoxy) is 2. The van der Waals surface area contributed by atoms with Crippen molar-refractivity contribution in [1.29, 1.82) is 0 Å². The molecule has 0 aliphatic carbocycles. The van der Waals surface area contributed by atoms with E-state index in [1.807, 2.05) is 0 Å². The second-order valence-electron chi connectivity index (χ2n) is 9.39. The van der Waals surface area contributed by atoms with Crippen LogP contribution in [0.25, 0.3) is 11.1 Å². The largest absolute Gasteiger partial charge is 0.505 e. The van der Waals surface area contributed by atoms with Crippen LogP contribution < -0.4 is 4.74 Å². The molecule has 3 aromatic carbocycles. The second-order valence-corrected chi connectivity index (χ2v) is 9.39. The topological polar surface area (TPSA) is 59.0 Å². The predicted octanol–water partition coefficient (Wildman–Crippen LogP) is 8.35. The Balaban J connectivity index is 1.79. The number of benzene rings is 3. The van der Waals surface area contributed by atoms with Gasteiger partial charge in [0.25, 0.3) is 0 Å². The molecule has 0 aromatic heterocycles. The normalized spacial score (nSPS) is 17.9. The number of halogens is 10. The molecule has 3 aromatic rings. The molecule has 226 valence electrons. The van der Waals surface area contributed by atoms with Gasteiger partial charge in [-0.2, -0.15) is 39.5 Å². The number of alkyl halides is 9. The fourth-order valence-corrected chi connectivity index (χ4v) is 4.57. The Morgan fingerprint density at radius 3 is 1.93 bits per heavy atom. The van der Waals surface area contributed by atoms with Gasteiger partial charge in [-0.25, -0.2) is 9.18 Å². The average Bonchev–Trinajstić information content (AvgIpc) is 3.16. The smallest absolute Gasteiger partial charge is 0.416 e. The van der Waals surface area contributed by atoms with E-state index in [0.717, 1.165) is 30.2 Å². The molecule has 1 N–H and O–H groups in total. The first-order valence-corrected chi connectivity index (χ1v) is 11.8. The van der Waals surface area contributed by atoms with Gasteiger partial charge in [-0.05, 0) is 60.0 Å². The maximum Gasteiger partial charge on any atom is 0.416 e. The van der Waals surface area contributed by atoms with E-state index >= 15 is 0 Å². The van der Waals surface area contributed by atoms with Crippen LogP contribution in [0.4, 0.5) is 48.7 Å². The number of rotatable bonds is 5. The van der Waals surface area contributed by atoms with Gasteiger partial charge in [-0.15, -0.1) is 0 Å². The zero-order valence-corrected chi connectivity index (χ0v) is 21.4. The number of hydrogen-bond donors (Lipinski definition) is 1. The van der Waals surface area contributed by atoms with E-state index in [-0.39, 0.29) is 28.5 Å². The molecule has 1 fully saturated rings. The Hall–Kier alpha value is -4.17. The molecule has 1 amide bonds. The van der Waals surface area contributed by atoms with Crippen LogP contribution in [0.3, 0.4) is 0 Å². The predicted molar refractivity (Wildman–Crippen MR) is 126 cm³/mol. The Morgan fingerprint density at radius 2 is 1.40 bits per heavy atom. The first kappa shape index (κ1) is 30.8. The van der Waals surface area contributed by atoms with E-state index in [2.05, 4.69) is 0 Å². The van der Waals surface area contributed by atoms with Crippen LogP contribution in [0.5, 0.6) is 11.5 Å². The Morgan fingerprint density at radius 1 is 0.833 bits per heavy atom. The first-order valence-electron chi connectivity index (χ1n) is 11.8. The fourth-order valence-electron chi connectivity index (χ4n) is 4.57. The monoisotopic (exact) mass is 611 g/mol. The Labute approximate surface area is 230 Å². The summed E-state index contributed by atoms with van der Waals surface area (Å²) in [6.45, 7) is 0.572. The SMILES string of the molecule is COc1cc(F)c(O)cc1-c1ccc(C(F)(F)F)cc1CN1C(=O)OC(c2cc(C(F)(F)F)cc(C(F)(F)F)c2)[C@@H]1C. The summed E-state index contributed by atoms with van der Waals surface area (Å²) in [4.78, 5) is 13.6. The number of phenols is 1. The first-order chi connectivity index (χ1) is 19.3. The number of carbonyl (C=O) groups is 1. The third-order valence-corrected chi connectivity index (χ3v) is 6.66. The molecule has 4 rings (SSSR count). The summed E-state index contributed by atoms with van der Waals surface area (Å²) < 4.78 is 145. The quantitative estimate of drug-likeness (QED) is 0.295. The summed E-state index contributed by atoms with van der Waals surface area (Å²) in [7, 11) is 1.13. The van der Waals surface area contributed by atoms with Crippen molar-refractivity contribution in [2.75, 3.05) is 7.11 Å². The fraction of sp³-hybridized carbons (Fsp3) is 0.296. The molecule has 15 heteroatoms. The number of hydrogen-bond acceptors (Lipinski definition) is 4. The van der Waals surface area contributed by atoms with Gasteiger partial charge in [-0.3, -0.25) is 4.90 Å². The highest BCUT2D eigenvalue weighted by atomic mass is 19.4. The Bertz CT molecular complexity index is 1480. The summed E-state index contributed by atoms with van der Waals surface area (Å²) in [6, 6.07) is 3.44. The summed E-state index contributed by atoms with van der Waals surface area (Å²) in [6.07, 6.45) is -18.1. The molecular formula is C27H19F10NO4. The number of phenolic OH excluding ortho intramolecular Hbond substituents is 1. The summed E-state index contributed by atoms with van der Waals surface area (Å²) in [5.74, 6) is -2.15. The van der Waals surface area contributed by atoms with E-state index in [1.54, 1.807) is 0 Å². The summed E-state index contributed by atoms with van der Waals surface area (Å²) >= 11 is 0. The molecule has 0 bridgehead atoms. The number of methoxy groups -OCH3 is 1. The molecule has 1 saturated heterocycles. The van der Waals surface area contributed by atoms with Crippen LogP contribution in [0.2, 0.25) is 0 Å². The molecule has 1 heterocycles. The highest BCUT2D eigenvalue weighted by molar-refractivity contribution is 5.77. The molecule has 0 saturated carbocycles. The maximum absolute atomic E-state index is 13.9. The van der Waals surface area contributed by atoms with Crippen LogP contribution in [-0.4, -0.2) is 29.3 Å². The zero-order chi connectivity index (χ0) is 31.4. The number of nitrogens with zero attached hydrogens (tertiary/aromatic N) is 1. The highest BCUT2D eigenvalue weighted by Crippen LogP contribution is 2.43. The molecular weight excluding hydrogens is 592 g/mol. The third-order valence-electron chi connectivity index (χ3n) is 6.66. The van der Waals surface area contributed by atoms with Crippen LogP contribution in [0.15, 0.2) is 48.5 Å². The molecule has 5 nitrogen and oxygen atoms in total. The lowest BCUT2D eigenvalue weighted by Crippen LogP contribution is -2.32. The molecule has 2 atom stereocenters. The van der Waals surface area contributed by atoms with E-state index in [0.29, 0.717) is 24.3 Å². The van der Waals surface area contributed by atoms with Gasteiger partial charge in [0.05, 0.1) is 36.4 Å². The van der Waals surface area contributed by atoms with Gasteiger partial charge >= 0.3 is 24.6 Å². The van der Waals surface area contributed by atoms with Gasteiger partial charge in [0, 0.05) is 11.6 Å². The van der Waals surface area contributed by atoms with Crippen molar-refractivity contribution in [2.24, 2.45) is 0 Å². The number of amides is 1. The maximum atomic E-state index is 13.9. The van der Waals surface area contributed by atoms with Crippen molar-refractivity contribution in [1.82, 2.24) is 4.90 Å². The van der Waals surface area contributed by atoms with Crippen molar-refractivity contribution in [2.45, 2.75) is 44.1 Å². The molecule has 1 unspecified atom stereocenters. The minimum absolute atomic E-state index is 0.0444. The van der Waals surface area contributed by atoms with E-state index < -0.39 is 77.1 Å². The van der Waals surface area contributed by atoms with Crippen LogP contribution in [0.1, 0.15) is 40.8 Å². The van der Waals surface area contributed by atoms with Gasteiger partial charge in [0.15, 0.2) is 11.6 Å². The number of carbonyl (C=O) groups excluding carboxylic acids is 1. The van der Waals surface area contributed by atoms with Crippen LogP contribution >= 0.6 is 0 Å².